The van der Waals surface area contributed by atoms with E-state index in [1.54, 1.807) is 7.11 Å². The summed E-state index contributed by atoms with van der Waals surface area (Å²) in [7, 11) is 1.68. The first-order valence-corrected chi connectivity index (χ1v) is 13.3. The molecule has 7 heteroatoms. The first kappa shape index (κ1) is 25.5. The summed E-state index contributed by atoms with van der Waals surface area (Å²) >= 11 is 7.48. The maximum absolute atomic E-state index is 11.3. The maximum atomic E-state index is 11.3. The lowest BCUT2D eigenvalue weighted by Crippen LogP contribution is -2.41. The Morgan fingerprint density at radius 2 is 2.14 bits per heavy atom. The summed E-state index contributed by atoms with van der Waals surface area (Å²) in [5.41, 5.74) is 2.28. The van der Waals surface area contributed by atoms with Crippen LogP contribution in [0.15, 0.2) is 42.6 Å². The Hall–Kier alpha value is -2.59. The molecule has 3 aromatic rings. The first-order valence-electron chi connectivity index (χ1n) is 12.1. The number of fused-ring (bicyclic) bond motifs is 1. The number of halogens is 1. The van der Waals surface area contributed by atoms with Crippen LogP contribution >= 0.6 is 22.9 Å². The lowest BCUT2D eigenvalue weighted by Gasteiger charge is -2.38. The van der Waals surface area contributed by atoms with Crippen molar-refractivity contribution in [3.63, 3.8) is 0 Å². The number of hydrogen-bond donors (Lipinski definition) is 1. The van der Waals surface area contributed by atoms with Crippen molar-refractivity contribution in [2.75, 3.05) is 26.7 Å². The van der Waals surface area contributed by atoms with E-state index in [4.69, 9.17) is 16.3 Å². The van der Waals surface area contributed by atoms with Gasteiger partial charge in [0, 0.05) is 24.5 Å². The first-order chi connectivity index (χ1) is 17.0. The molecule has 2 atom stereocenters. The normalized spacial score (nSPS) is 18.2. The maximum Gasteiger partial charge on any atom is 0.303 e. The van der Waals surface area contributed by atoms with Crippen LogP contribution in [0.2, 0.25) is 4.34 Å². The fraction of sp³-hybridized carbons (Fsp3) is 0.429. The average Bonchev–Trinajstić information content (AvgIpc) is 3.28. The monoisotopic (exact) mass is 510 g/mol. The number of carbonyl (C=O) groups is 1. The number of hydrogen-bond acceptors (Lipinski definition) is 5. The number of carboxylic acid groups (broad SMARTS) is 1. The van der Waals surface area contributed by atoms with Gasteiger partial charge in [-0.15, -0.1) is 11.3 Å². The number of piperidine rings is 1. The van der Waals surface area contributed by atoms with E-state index in [0.29, 0.717) is 18.4 Å². The molecule has 0 amide bonds. The highest BCUT2D eigenvalue weighted by Gasteiger charge is 2.29. The third-order valence-corrected chi connectivity index (χ3v) is 8.00. The van der Waals surface area contributed by atoms with Crippen molar-refractivity contribution < 1.29 is 14.6 Å². The number of aromatic nitrogens is 1. The number of rotatable bonds is 9. The van der Waals surface area contributed by atoms with E-state index in [2.05, 4.69) is 33.9 Å². The standard InChI is InChI=1S/C28H31ClN2O3S/c1-34-23-8-10-26-25(18-23)21(13-15-30-26)5-2-4-20-14-17-31(19-22(20)7-12-28(32)33)16-3-6-24-9-11-27(29)35-24/h8-11,13,15,18,20,22H,2,4-5,7,12,14,16-17,19H2,1H3,(H,32,33). The fourth-order valence-corrected chi connectivity index (χ4v) is 5.94. The molecule has 1 fully saturated rings. The molecule has 1 N–H and O–H groups in total. The Morgan fingerprint density at radius 3 is 2.91 bits per heavy atom. The second kappa shape index (κ2) is 12.4. The van der Waals surface area contributed by atoms with Crippen LogP contribution in [0.4, 0.5) is 0 Å². The number of methoxy groups -OCH3 is 1. The van der Waals surface area contributed by atoms with E-state index in [1.165, 1.54) is 16.9 Å². The fourth-order valence-electron chi connectivity index (χ4n) is 5.02. The van der Waals surface area contributed by atoms with E-state index in [9.17, 15) is 9.90 Å². The molecule has 1 aliphatic heterocycles. The Bertz CT molecular complexity index is 1220. The highest BCUT2D eigenvalue weighted by Crippen LogP contribution is 2.32. The molecule has 0 aliphatic carbocycles. The number of nitrogens with zero attached hydrogens (tertiary/aromatic N) is 2. The summed E-state index contributed by atoms with van der Waals surface area (Å²) in [6.07, 6.45) is 7.07. The van der Waals surface area contributed by atoms with E-state index < -0.39 is 5.97 Å². The summed E-state index contributed by atoms with van der Waals surface area (Å²) in [5.74, 6) is 7.52. The number of carboxylic acids is 1. The molecule has 2 unspecified atom stereocenters. The van der Waals surface area contributed by atoms with Crippen LogP contribution in [0.25, 0.3) is 10.9 Å². The van der Waals surface area contributed by atoms with E-state index in [1.807, 2.05) is 30.5 Å². The van der Waals surface area contributed by atoms with Gasteiger partial charge in [-0.25, -0.2) is 0 Å². The molecule has 4 rings (SSSR count). The van der Waals surface area contributed by atoms with Gasteiger partial charge in [-0.05, 0) is 92.4 Å². The number of aliphatic carboxylic acids is 1. The molecular formula is C28H31ClN2O3S. The Morgan fingerprint density at radius 1 is 1.26 bits per heavy atom. The number of benzene rings is 1. The van der Waals surface area contributed by atoms with Crippen molar-refractivity contribution in [3.8, 4) is 17.6 Å². The van der Waals surface area contributed by atoms with Gasteiger partial charge < -0.3 is 9.84 Å². The van der Waals surface area contributed by atoms with Crippen LogP contribution in [-0.2, 0) is 11.2 Å². The SMILES string of the molecule is COc1ccc2nccc(CCCC3CCN(CC#Cc4ccc(Cl)s4)CC3CCC(=O)O)c2c1. The van der Waals surface area contributed by atoms with E-state index >= 15 is 0 Å². The van der Waals surface area contributed by atoms with Gasteiger partial charge in [0.05, 0.1) is 28.4 Å². The van der Waals surface area contributed by atoms with Crippen LogP contribution in [0.3, 0.4) is 0 Å². The van der Waals surface area contributed by atoms with Crippen molar-refractivity contribution in [2.45, 2.75) is 38.5 Å². The molecule has 5 nitrogen and oxygen atoms in total. The van der Waals surface area contributed by atoms with Crippen molar-refractivity contribution in [1.29, 1.82) is 0 Å². The van der Waals surface area contributed by atoms with Crippen molar-refractivity contribution >= 4 is 39.8 Å². The van der Waals surface area contributed by atoms with Gasteiger partial charge in [-0.1, -0.05) is 23.4 Å². The van der Waals surface area contributed by atoms with E-state index in [0.717, 1.165) is 71.1 Å². The summed E-state index contributed by atoms with van der Waals surface area (Å²) in [5, 5.41) is 10.4. The number of thiophene rings is 1. The molecule has 184 valence electrons. The topological polar surface area (TPSA) is 62.7 Å². The van der Waals surface area contributed by atoms with Crippen molar-refractivity contribution in [1.82, 2.24) is 9.88 Å². The minimum Gasteiger partial charge on any atom is -0.497 e. The predicted molar refractivity (Wildman–Crippen MR) is 142 cm³/mol. The third-order valence-electron chi connectivity index (χ3n) is 6.85. The Balaban J connectivity index is 1.35. The van der Waals surface area contributed by atoms with Crippen LogP contribution in [-0.4, -0.2) is 47.7 Å². The predicted octanol–water partition coefficient (Wildman–Crippen LogP) is 6.14. The quantitative estimate of drug-likeness (QED) is 0.350. The molecule has 2 aromatic heterocycles. The van der Waals surface area contributed by atoms with Gasteiger partial charge in [0.15, 0.2) is 0 Å². The van der Waals surface area contributed by atoms with Gasteiger partial charge >= 0.3 is 5.97 Å². The van der Waals surface area contributed by atoms with Crippen LogP contribution in [0, 0.1) is 23.7 Å². The zero-order chi connectivity index (χ0) is 24.6. The highest BCUT2D eigenvalue weighted by molar-refractivity contribution is 7.16. The lowest BCUT2D eigenvalue weighted by molar-refractivity contribution is -0.137. The van der Waals surface area contributed by atoms with Gasteiger partial charge in [0.1, 0.15) is 5.75 Å². The zero-order valence-corrected chi connectivity index (χ0v) is 21.6. The van der Waals surface area contributed by atoms with Crippen molar-refractivity contribution in [2.24, 2.45) is 11.8 Å². The molecule has 0 radical (unpaired) electrons. The molecule has 1 aromatic carbocycles. The molecule has 35 heavy (non-hydrogen) atoms. The lowest BCUT2D eigenvalue weighted by atomic mass is 9.79. The summed E-state index contributed by atoms with van der Waals surface area (Å²) in [6, 6.07) is 11.9. The molecule has 1 saturated heterocycles. The second-order valence-corrected chi connectivity index (χ2v) is 10.8. The van der Waals surface area contributed by atoms with Gasteiger partial charge in [0.25, 0.3) is 0 Å². The van der Waals surface area contributed by atoms with Gasteiger partial charge in [0.2, 0.25) is 0 Å². The van der Waals surface area contributed by atoms with E-state index in [-0.39, 0.29) is 6.42 Å². The number of ether oxygens (including phenoxy) is 1. The Kier molecular flexibility index (Phi) is 9.03. The largest absolute Gasteiger partial charge is 0.497 e. The number of aryl methyl sites for hydroxylation is 1. The summed E-state index contributed by atoms with van der Waals surface area (Å²) in [6.45, 7) is 2.62. The van der Waals surface area contributed by atoms with Crippen LogP contribution < -0.4 is 4.74 Å². The minimum atomic E-state index is -0.715. The third kappa shape index (κ3) is 7.20. The second-order valence-electron chi connectivity index (χ2n) is 9.13. The molecule has 0 bridgehead atoms. The molecule has 0 spiro atoms. The molecule has 3 heterocycles. The highest BCUT2D eigenvalue weighted by atomic mass is 35.5. The summed E-state index contributed by atoms with van der Waals surface area (Å²) < 4.78 is 6.16. The average molecular weight is 511 g/mol. The molecule has 0 saturated carbocycles. The Labute approximate surface area is 216 Å². The number of pyridine rings is 1. The number of likely N-dealkylation sites (tertiary alicyclic amines) is 1. The molecule has 1 aliphatic rings. The zero-order valence-electron chi connectivity index (χ0n) is 20.0. The minimum absolute atomic E-state index is 0.225. The smallest absolute Gasteiger partial charge is 0.303 e. The summed E-state index contributed by atoms with van der Waals surface area (Å²) in [4.78, 5) is 19.1. The van der Waals surface area contributed by atoms with Crippen LogP contribution in [0.1, 0.15) is 42.5 Å². The van der Waals surface area contributed by atoms with Gasteiger partial charge in [-0.2, -0.15) is 0 Å². The van der Waals surface area contributed by atoms with Gasteiger partial charge in [-0.3, -0.25) is 14.7 Å². The van der Waals surface area contributed by atoms with Crippen LogP contribution in [0.5, 0.6) is 5.75 Å². The van der Waals surface area contributed by atoms with Crippen molar-refractivity contribution in [3.05, 3.63) is 57.4 Å². The molecular weight excluding hydrogens is 480 g/mol.